The fraction of sp³-hybridized carbons (Fsp3) is 0. The summed E-state index contributed by atoms with van der Waals surface area (Å²) in [4.78, 5) is 0. The van der Waals surface area contributed by atoms with Gasteiger partial charge in [-0.1, -0.05) is 66.7 Å². The molecule has 0 radical (unpaired) electrons. The summed E-state index contributed by atoms with van der Waals surface area (Å²) in [6, 6.07) is 24.7. The van der Waals surface area contributed by atoms with Crippen LogP contribution in [0, 0.1) is 0 Å². The Morgan fingerprint density at radius 2 is 1.11 bits per heavy atom. The van der Waals surface area contributed by atoms with Gasteiger partial charge in [0.1, 0.15) is 0 Å². The van der Waals surface area contributed by atoms with Gasteiger partial charge in [0.2, 0.25) is 0 Å². The third kappa shape index (κ3) is 4.06. The predicted molar refractivity (Wildman–Crippen MR) is 83.4 cm³/mol. The Hall–Kier alpha value is -1.51. The summed E-state index contributed by atoms with van der Waals surface area (Å²) in [6.45, 7) is 0. The summed E-state index contributed by atoms with van der Waals surface area (Å²) in [5, 5.41) is 2.00. The number of benzene rings is 2. The van der Waals surface area contributed by atoms with Gasteiger partial charge >= 0.3 is 0 Å². The van der Waals surface area contributed by atoms with Crippen molar-refractivity contribution >= 4 is 24.0 Å². The molecule has 0 aliphatic heterocycles. The molecule has 1 heterocycles. The number of rotatable bonds is 1. The smallest absolute Gasteiger partial charge is 0.0567 e. The Morgan fingerprint density at radius 1 is 0.611 bits per heavy atom. The van der Waals surface area contributed by atoms with Gasteiger partial charge in [-0.15, -0.1) is 24.0 Å². The van der Waals surface area contributed by atoms with Crippen molar-refractivity contribution in [1.29, 1.82) is 0 Å². The molecule has 0 saturated heterocycles. The van der Waals surface area contributed by atoms with E-state index in [1.807, 2.05) is 29.6 Å². The molecule has 90 valence electrons. The molecular weight excluding hydrogens is 256 g/mol. The minimum atomic E-state index is 1.08. The standard InChI is InChI=1S/C12H10.C4H4S2/c1-3-7-11(8-4-1)12-9-5-2-6-10-12;5-4-2-1-3-6-4/h1-10H;1-3,5H. The van der Waals surface area contributed by atoms with Gasteiger partial charge < -0.3 is 0 Å². The van der Waals surface area contributed by atoms with Gasteiger partial charge in [0.25, 0.3) is 0 Å². The van der Waals surface area contributed by atoms with E-state index in [0.717, 1.165) is 4.21 Å². The number of thiol groups is 1. The van der Waals surface area contributed by atoms with E-state index in [-0.39, 0.29) is 0 Å². The monoisotopic (exact) mass is 270 g/mol. The lowest BCUT2D eigenvalue weighted by Crippen LogP contribution is -1.73. The van der Waals surface area contributed by atoms with Crippen molar-refractivity contribution in [3.8, 4) is 11.1 Å². The molecule has 0 fully saturated rings. The van der Waals surface area contributed by atoms with E-state index in [2.05, 4.69) is 61.2 Å². The first-order valence-electron chi connectivity index (χ1n) is 5.69. The molecule has 0 nitrogen and oxygen atoms in total. The van der Waals surface area contributed by atoms with E-state index in [0.29, 0.717) is 0 Å². The SMILES string of the molecule is Sc1cccs1.c1ccc(-c2ccccc2)cc1. The zero-order valence-corrected chi connectivity index (χ0v) is 11.6. The molecule has 0 amide bonds. The third-order valence-corrected chi connectivity index (χ3v) is 3.52. The minimum absolute atomic E-state index is 1.08. The van der Waals surface area contributed by atoms with Gasteiger partial charge in [-0.25, -0.2) is 0 Å². The van der Waals surface area contributed by atoms with E-state index < -0.39 is 0 Å². The Balaban J connectivity index is 0.000000169. The number of hydrogen-bond acceptors (Lipinski definition) is 2. The molecule has 0 spiro atoms. The van der Waals surface area contributed by atoms with Crippen LogP contribution in [0.4, 0.5) is 0 Å². The highest BCUT2D eigenvalue weighted by Gasteiger charge is 1.91. The molecule has 18 heavy (non-hydrogen) atoms. The highest BCUT2D eigenvalue weighted by Crippen LogP contribution is 2.17. The lowest BCUT2D eigenvalue weighted by atomic mass is 10.1. The Morgan fingerprint density at radius 3 is 1.39 bits per heavy atom. The highest BCUT2D eigenvalue weighted by atomic mass is 32.2. The fourth-order valence-corrected chi connectivity index (χ4v) is 2.25. The van der Waals surface area contributed by atoms with Crippen LogP contribution in [0.5, 0.6) is 0 Å². The third-order valence-electron chi connectivity index (χ3n) is 2.39. The molecule has 1 aromatic heterocycles. The second-order valence-electron chi connectivity index (χ2n) is 3.68. The molecule has 0 aliphatic rings. The van der Waals surface area contributed by atoms with Crippen LogP contribution in [0.2, 0.25) is 0 Å². The van der Waals surface area contributed by atoms with Crippen LogP contribution >= 0.6 is 24.0 Å². The Kier molecular flexibility index (Phi) is 5.06. The molecule has 3 rings (SSSR count). The van der Waals surface area contributed by atoms with Crippen LogP contribution in [0.15, 0.2) is 82.4 Å². The first-order valence-corrected chi connectivity index (χ1v) is 7.02. The molecule has 2 aromatic carbocycles. The van der Waals surface area contributed by atoms with Crippen molar-refractivity contribution in [2.24, 2.45) is 0 Å². The summed E-state index contributed by atoms with van der Waals surface area (Å²) >= 11 is 5.70. The first-order chi connectivity index (χ1) is 8.86. The van der Waals surface area contributed by atoms with Crippen LogP contribution < -0.4 is 0 Å². The maximum atomic E-state index is 4.05. The van der Waals surface area contributed by atoms with Crippen molar-refractivity contribution in [3.05, 3.63) is 78.2 Å². The molecule has 0 atom stereocenters. The topological polar surface area (TPSA) is 0 Å². The normalized spacial score (nSPS) is 9.39. The molecule has 2 heteroatoms. The van der Waals surface area contributed by atoms with Crippen molar-refractivity contribution < 1.29 is 0 Å². The summed E-state index contributed by atoms with van der Waals surface area (Å²) in [7, 11) is 0. The maximum absolute atomic E-state index is 4.05. The molecular formula is C16H14S2. The lowest BCUT2D eigenvalue weighted by Gasteiger charge is -1.98. The van der Waals surface area contributed by atoms with E-state index in [4.69, 9.17) is 0 Å². The van der Waals surface area contributed by atoms with Gasteiger partial charge in [-0.2, -0.15) is 0 Å². The molecule has 0 aliphatic carbocycles. The van der Waals surface area contributed by atoms with Crippen molar-refractivity contribution in [1.82, 2.24) is 0 Å². The van der Waals surface area contributed by atoms with Crippen molar-refractivity contribution in [3.63, 3.8) is 0 Å². The van der Waals surface area contributed by atoms with Gasteiger partial charge in [-0.3, -0.25) is 0 Å². The summed E-state index contributed by atoms with van der Waals surface area (Å²) in [5.41, 5.74) is 2.55. The van der Waals surface area contributed by atoms with E-state index in [1.54, 1.807) is 11.3 Å². The second-order valence-corrected chi connectivity index (χ2v) is 5.42. The van der Waals surface area contributed by atoms with Crippen LogP contribution in [0.3, 0.4) is 0 Å². The van der Waals surface area contributed by atoms with Crippen LogP contribution in [0.1, 0.15) is 0 Å². The first kappa shape index (κ1) is 12.9. The van der Waals surface area contributed by atoms with Crippen LogP contribution in [-0.2, 0) is 0 Å². The van der Waals surface area contributed by atoms with Gasteiger partial charge in [0.05, 0.1) is 4.21 Å². The Labute approximate surface area is 117 Å². The second kappa shape index (κ2) is 7.04. The zero-order chi connectivity index (χ0) is 12.6. The van der Waals surface area contributed by atoms with E-state index in [1.165, 1.54) is 11.1 Å². The number of thiophene rings is 1. The molecule has 0 unspecified atom stereocenters. The van der Waals surface area contributed by atoms with Crippen molar-refractivity contribution in [2.45, 2.75) is 4.21 Å². The quantitative estimate of drug-likeness (QED) is 0.563. The van der Waals surface area contributed by atoms with Crippen molar-refractivity contribution in [2.75, 3.05) is 0 Å². The van der Waals surface area contributed by atoms with Gasteiger partial charge in [0.15, 0.2) is 0 Å². The largest absolute Gasteiger partial charge is 0.138 e. The van der Waals surface area contributed by atoms with Gasteiger partial charge in [-0.05, 0) is 22.6 Å². The van der Waals surface area contributed by atoms with Crippen LogP contribution in [-0.4, -0.2) is 0 Å². The average Bonchev–Trinajstić information content (AvgIpc) is 2.93. The molecule has 0 N–H and O–H groups in total. The average molecular weight is 270 g/mol. The Bertz CT molecular complexity index is 505. The van der Waals surface area contributed by atoms with E-state index >= 15 is 0 Å². The molecule has 3 aromatic rings. The molecule has 0 bridgehead atoms. The van der Waals surface area contributed by atoms with Crippen LogP contribution in [0.25, 0.3) is 11.1 Å². The zero-order valence-electron chi connectivity index (χ0n) is 9.86. The summed E-state index contributed by atoms with van der Waals surface area (Å²) < 4.78 is 1.08. The molecule has 0 saturated carbocycles. The number of hydrogen-bond donors (Lipinski definition) is 1. The van der Waals surface area contributed by atoms with E-state index in [9.17, 15) is 0 Å². The summed E-state index contributed by atoms with van der Waals surface area (Å²) in [5.74, 6) is 0. The highest BCUT2D eigenvalue weighted by molar-refractivity contribution is 7.82. The predicted octanol–water partition coefficient (Wildman–Crippen LogP) is 5.39. The maximum Gasteiger partial charge on any atom is 0.0567 e. The summed E-state index contributed by atoms with van der Waals surface area (Å²) in [6.07, 6.45) is 0. The fourth-order valence-electron chi connectivity index (χ4n) is 1.53. The van der Waals surface area contributed by atoms with Gasteiger partial charge in [0, 0.05) is 0 Å². The lowest BCUT2D eigenvalue weighted by molar-refractivity contribution is 1.62. The minimum Gasteiger partial charge on any atom is -0.138 e.